The molecule has 5 rings (SSSR count). The van der Waals surface area contributed by atoms with Crippen LogP contribution in [0.25, 0.3) is 22.4 Å². The topological polar surface area (TPSA) is 69.0 Å². The summed E-state index contributed by atoms with van der Waals surface area (Å²) in [5.74, 6) is 0.145. The van der Waals surface area contributed by atoms with E-state index in [-0.39, 0.29) is 5.91 Å². The molecule has 0 saturated heterocycles. The van der Waals surface area contributed by atoms with Crippen LogP contribution < -0.4 is 10.1 Å². The number of benzene rings is 2. The molecule has 1 N–H and O–H groups in total. The molecule has 2 aromatic carbocycles. The fourth-order valence-corrected chi connectivity index (χ4v) is 4.13. The van der Waals surface area contributed by atoms with Crippen LogP contribution in [0, 0.1) is 5.82 Å². The molecular weight excluding hydrogens is 431 g/mol. The molecular formula is C27H25FN4O2. The zero-order chi connectivity index (χ0) is 23.7. The van der Waals surface area contributed by atoms with E-state index in [0.29, 0.717) is 53.9 Å². The maximum atomic E-state index is 15.4. The third-order valence-electron chi connectivity index (χ3n) is 5.99. The first kappa shape index (κ1) is 21.8. The molecule has 0 atom stereocenters. The van der Waals surface area contributed by atoms with E-state index in [1.807, 2.05) is 12.1 Å². The minimum Gasteiger partial charge on any atom is -0.489 e. The van der Waals surface area contributed by atoms with Gasteiger partial charge in [-0.05, 0) is 41.3 Å². The molecule has 0 spiro atoms. The number of aromatic nitrogens is 3. The van der Waals surface area contributed by atoms with Gasteiger partial charge in [-0.15, -0.1) is 0 Å². The lowest BCUT2D eigenvalue weighted by Crippen LogP contribution is -2.35. The Morgan fingerprint density at radius 1 is 1.09 bits per heavy atom. The highest BCUT2D eigenvalue weighted by atomic mass is 19.1. The van der Waals surface area contributed by atoms with Crippen LogP contribution in [-0.2, 0) is 13.2 Å². The van der Waals surface area contributed by atoms with Gasteiger partial charge in [-0.25, -0.2) is 4.39 Å². The van der Waals surface area contributed by atoms with Gasteiger partial charge >= 0.3 is 0 Å². The van der Waals surface area contributed by atoms with Gasteiger partial charge in [-0.1, -0.05) is 38.1 Å². The molecule has 1 amide bonds. The van der Waals surface area contributed by atoms with Crippen molar-refractivity contribution in [3.8, 4) is 28.1 Å². The predicted octanol–water partition coefficient (Wildman–Crippen LogP) is 5.20. The Morgan fingerprint density at radius 2 is 1.85 bits per heavy atom. The minimum atomic E-state index is -0.475. The van der Waals surface area contributed by atoms with Crippen molar-refractivity contribution in [1.82, 2.24) is 20.1 Å². The smallest absolute Gasteiger partial charge is 0.270 e. The second-order valence-electron chi connectivity index (χ2n) is 8.61. The van der Waals surface area contributed by atoms with E-state index >= 15 is 4.39 Å². The molecule has 2 aromatic heterocycles. The van der Waals surface area contributed by atoms with Gasteiger partial charge < -0.3 is 10.1 Å². The van der Waals surface area contributed by atoms with Gasteiger partial charge in [0.25, 0.3) is 5.91 Å². The maximum Gasteiger partial charge on any atom is 0.270 e. The molecule has 0 saturated carbocycles. The lowest BCUT2D eigenvalue weighted by Gasteiger charge is -2.16. The Kier molecular flexibility index (Phi) is 5.84. The van der Waals surface area contributed by atoms with E-state index in [1.54, 1.807) is 41.3 Å². The third-order valence-corrected chi connectivity index (χ3v) is 5.99. The van der Waals surface area contributed by atoms with Crippen LogP contribution in [0.1, 0.15) is 41.4 Å². The van der Waals surface area contributed by atoms with Crippen molar-refractivity contribution < 1.29 is 13.9 Å². The van der Waals surface area contributed by atoms with Gasteiger partial charge in [0.15, 0.2) is 0 Å². The lowest BCUT2D eigenvalue weighted by atomic mass is 9.98. The number of halogens is 1. The molecule has 7 heteroatoms. The van der Waals surface area contributed by atoms with Crippen LogP contribution in [0.3, 0.4) is 0 Å². The molecule has 3 heterocycles. The minimum absolute atomic E-state index is 0.265. The van der Waals surface area contributed by atoms with E-state index in [1.165, 1.54) is 11.6 Å². The lowest BCUT2D eigenvalue weighted by molar-refractivity contribution is 0.0925. The van der Waals surface area contributed by atoms with E-state index in [4.69, 9.17) is 4.74 Å². The van der Waals surface area contributed by atoms with E-state index in [9.17, 15) is 4.79 Å². The molecule has 0 fully saturated rings. The number of pyridine rings is 1. The number of nitrogens with one attached hydrogen (secondary N) is 1. The summed E-state index contributed by atoms with van der Waals surface area (Å²) in [6.45, 7) is 5.65. The maximum absolute atomic E-state index is 15.4. The summed E-state index contributed by atoms with van der Waals surface area (Å²) >= 11 is 0. The molecule has 0 radical (unpaired) electrons. The van der Waals surface area contributed by atoms with Gasteiger partial charge in [0.05, 0.1) is 6.54 Å². The Morgan fingerprint density at radius 3 is 2.56 bits per heavy atom. The first-order chi connectivity index (χ1) is 16.5. The highest BCUT2D eigenvalue weighted by Gasteiger charge is 2.29. The van der Waals surface area contributed by atoms with E-state index < -0.39 is 5.82 Å². The zero-order valence-electron chi connectivity index (χ0n) is 19.1. The molecule has 4 aromatic rings. The monoisotopic (exact) mass is 456 g/mol. The van der Waals surface area contributed by atoms with Crippen LogP contribution in [0.5, 0.6) is 5.75 Å². The van der Waals surface area contributed by atoms with Crippen LogP contribution >= 0.6 is 0 Å². The number of amides is 1. The van der Waals surface area contributed by atoms with Crippen LogP contribution in [-0.4, -0.2) is 27.2 Å². The Balaban J connectivity index is 1.46. The van der Waals surface area contributed by atoms with Crippen LogP contribution in [0.2, 0.25) is 0 Å². The van der Waals surface area contributed by atoms with Crippen molar-refractivity contribution in [2.45, 2.75) is 32.9 Å². The van der Waals surface area contributed by atoms with Crippen molar-refractivity contribution in [2.75, 3.05) is 6.54 Å². The Bertz CT molecular complexity index is 1330. The number of carbonyl (C=O) groups excluding carboxylic acids is 1. The second-order valence-corrected chi connectivity index (χ2v) is 8.61. The number of hydrogen-bond acceptors (Lipinski definition) is 4. The van der Waals surface area contributed by atoms with Crippen molar-refractivity contribution in [2.24, 2.45) is 0 Å². The third kappa shape index (κ3) is 4.17. The molecule has 0 bridgehead atoms. The largest absolute Gasteiger partial charge is 0.489 e. The van der Waals surface area contributed by atoms with Crippen LogP contribution in [0.15, 0.2) is 67.0 Å². The van der Waals surface area contributed by atoms with Crippen molar-refractivity contribution >= 4 is 5.91 Å². The van der Waals surface area contributed by atoms with Gasteiger partial charge in [-0.2, -0.15) is 5.10 Å². The summed E-state index contributed by atoms with van der Waals surface area (Å²) in [6, 6.07) is 16.6. The fourth-order valence-electron chi connectivity index (χ4n) is 4.13. The molecule has 0 aliphatic carbocycles. The van der Waals surface area contributed by atoms with Gasteiger partial charge in [0.1, 0.15) is 29.6 Å². The standard InChI is InChI=1S/C27H25FN4O2/c1-17(2)19-5-3-18(4-6-19)16-34-21-7-8-22(23(28)15-21)24-25(20-9-11-29-12-10-20)31-32-14-13-30-27(33)26(24)32/h3-12,15,17H,13-14,16H2,1-2H3,(H,30,33). The highest BCUT2D eigenvalue weighted by Crippen LogP contribution is 2.37. The van der Waals surface area contributed by atoms with Crippen molar-refractivity contribution in [3.63, 3.8) is 0 Å². The molecule has 0 unspecified atom stereocenters. The number of nitrogens with zero attached hydrogens (tertiary/aromatic N) is 3. The second kappa shape index (κ2) is 9.09. The van der Waals surface area contributed by atoms with Crippen molar-refractivity contribution in [1.29, 1.82) is 0 Å². The van der Waals surface area contributed by atoms with Gasteiger partial charge in [-0.3, -0.25) is 14.5 Å². The molecule has 1 aliphatic heterocycles. The average molecular weight is 457 g/mol. The van der Waals surface area contributed by atoms with E-state index in [2.05, 4.69) is 41.4 Å². The Labute approximate surface area is 197 Å². The summed E-state index contributed by atoms with van der Waals surface area (Å²) in [7, 11) is 0. The molecule has 6 nitrogen and oxygen atoms in total. The van der Waals surface area contributed by atoms with Gasteiger partial charge in [0.2, 0.25) is 0 Å². The number of ether oxygens (including phenoxy) is 1. The number of hydrogen-bond donors (Lipinski definition) is 1. The van der Waals surface area contributed by atoms with E-state index in [0.717, 1.165) is 11.1 Å². The molecule has 34 heavy (non-hydrogen) atoms. The molecule has 172 valence electrons. The van der Waals surface area contributed by atoms with Crippen LogP contribution in [0.4, 0.5) is 4.39 Å². The summed E-state index contributed by atoms with van der Waals surface area (Å²) in [5, 5.41) is 7.47. The first-order valence-corrected chi connectivity index (χ1v) is 11.3. The summed E-state index contributed by atoms with van der Waals surface area (Å²) < 4.78 is 22.9. The van der Waals surface area contributed by atoms with Gasteiger partial charge in [0, 0.05) is 41.7 Å². The fraction of sp³-hybridized carbons (Fsp3) is 0.222. The Hall–Kier alpha value is -4.00. The average Bonchev–Trinajstić information content (AvgIpc) is 3.24. The predicted molar refractivity (Wildman–Crippen MR) is 128 cm³/mol. The normalized spacial score (nSPS) is 13.0. The number of carbonyl (C=O) groups is 1. The molecule has 1 aliphatic rings. The SMILES string of the molecule is CC(C)c1ccc(COc2ccc(-c3c(-c4ccncc4)nn4c3C(=O)NCC4)c(F)c2)cc1. The quantitative estimate of drug-likeness (QED) is 0.433. The highest BCUT2D eigenvalue weighted by molar-refractivity contribution is 6.03. The summed E-state index contributed by atoms with van der Waals surface area (Å²) in [4.78, 5) is 16.7. The zero-order valence-corrected chi connectivity index (χ0v) is 19.1. The first-order valence-electron chi connectivity index (χ1n) is 11.3. The number of rotatable bonds is 6. The number of fused-ring (bicyclic) bond motifs is 1. The van der Waals surface area contributed by atoms with Crippen molar-refractivity contribution in [3.05, 3.63) is 89.6 Å². The summed E-state index contributed by atoms with van der Waals surface area (Å²) in [5.41, 5.74) is 4.72. The summed E-state index contributed by atoms with van der Waals surface area (Å²) in [6.07, 6.45) is 3.30.